The average molecular weight is 336 g/mol. The van der Waals surface area contributed by atoms with E-state index in [1.54, 1.807) is 0 Å². The molecule has 6 nitrogen and oxygen atoms in total. The van der Waals surface area contributed by atoms with E-state index in [0.717, 1.165) is 16.5 Å². The number of sulfone groups is 1. The van der Waals surface area contributed by atoms with E-state index >= 15 is 0 Å². The molecule has 1 aromatic heterocycles. The number of amides is 2. The van der Waals surface area contributed by atoms with Gasteiger partial charge < -0.3 is 15.1 Å². The highest BCUT2D eigenvalue weighted by Gasteiger charge is 2.29. The molecule has 124 valence electrons. The van der Waals surface area contributed by atoms with E-state index in [0.29, 0.717) is 12.2 Å². The molecular formula is C16H20N2O4S. The molecule has 1 saturated heterocycles. The lowest BCUT2D eigenvalue weighted by Crippen LogP contribution is -2.43. The maximum Gasteiger partial charge on any atom is 0.315 e. The highest BCUT2D eigenvalue weighted by atomic mass is 32.2. The normalized spacial score (nSPS) is 21.2. The van der Waals surface area contributed by atoms with E-state index in [1.165, 1.54) is 0 Å². The van der Waals surface area contributed by atoms with Crippen LogP contribution in [0.25, 0.3) is 11.0 Å². The largest absolute Gasteiger partial charge is 0.459 e. The van der Waals surface area contributed by atoms with Crippen molar-refractivity contribution in [3.63, 3.8) is 0 Å². The van der Waals surface area contributed by atoms with E-state index in [1.807, 2.05) is 38.1 Å². The minimum Gasteiger partial charge on any atom is -0.459 e. The highest BCUT2D eigenvalue weighted by Crippen LogP contribution is 2.29. The molecule has 1 fully saturated rings. The molecule has 0 bridgehead atoms. The molecule has 23 heavy (non-hydrogen) atoms. The number of hydrogen-bond acceptors (Lipinski definition) is 4. The molecule has 0 radical (unpaired) electrons. The fourth-order valence-corrected chi connectivity index (χ4v) is 4.68. The van der Waals surface area contributed by atoms with Gasteiger partial charge in [0.15, 0.2) is 9.84 Å². The van der Waals surface area contributed by atoms with E-state index in [2.05, 4.69) is 10.6 Å². The molecule has 0 saturated carbocycles. The van der Waals surface area contributed by atoms with Gasteiger partial charge in [-0.25, -0.2) is 13.2 Å². The van der Waals surface area contributed by atoms with Crippen LogP contribution in [0, 0.1) is 6.92 Å². The Morgan fingerprint density at radius 3 is 2.74 bits per heavy atom. The van der Waals surface area contributed by atoms with Crippen LogP contribution in [0.4, 0.5) is 4.79 Å². The van der Waals surface area contributed by atoms with Crippen LogP contribution in [0.3, 0.4) is 0 Å². The number of nitrogens with one attached hydrogen (secondary N) is 2. The van der Waals surface area contributed by atoms with E-state index in [9.17, 15) is 13.2 Å². The fraction of sp³-hybridized carbons (Fsp3) is 0.438. The van der Waals surface area contributed by atoms with Crippen molar-refractivity contribution in [1.29, 1.82) is 0 Å². The van der Waals surface area contributed by atoms with Gasteiger partial charge in [0, 0.05) is 17.0 Å². The van der Waals surface area contributed by atoms with Crippen molar-refractivity contribution in [3.8, 4) is 0 Å². The summed E-state index contributed by atoms with van der Waals surface area (Å²) in [5.41, 5.74) is 1.78. The van der Waals surface area contributed by atoms with Gasteiger partial charge in [-0.05, 0) is 26.3 Å². The Kier molecular flexibility index (Phi) is 4.06. The van der Waals surface area contributed by atoms with Crippen molar-refractivity contribution in [2.45, 2.75) is 32.4 Å². The smallest absolute Gasteiger partial charge is 0.315 e. The van der Waals surface area contributed by atoms with Crippen LogP contribution in [0.1, 0.15) is 30.7 Å². The fourth-order valence-electron chi connectivity index (χ4n) is 3.00. The molecule has 1 unspecified atom stereocenters. The predicted molar refractivity (Wildman–Crippen MR) is 88.1 cm³/mol. The molecule has 2 amide bonds. The second-order valence-electron chi connectivity index (χ2n) is 6.03. The highest BCUT2D eigenvalue weighted by molar-refractivity contribution is 7.91. The molecule has 2 aromatic rings. The van der Waals surface area contributed by atoms with Crippen molar-refractivity contribution < 1.29 is 17.6 Å². The van der Waals surface area contributed by atoms with Crippen LogP contribution in [0.15, 0.2) is 28.7 Å². The summed E-state index contributed by atoms with van der Waals surface area (Å²) in [7, 11) is -3.01. The van der Waals surface area contributed by atoms with Gasteiger partial charge in [0.1, 0.15) is 11.3 Å². The zero-order valence-corrected chi connectivity index (χ0v) is 13.9. The molecule has 1 aliphatic rings. The first-order valence-corrected chi connectivity index (χ1v) is 9.43. The van der Waals surface area contributed by atoms with Crippen molar-refractivity contribution >= 4 is 26.8 Å². The summed E-state index contributed by atoms with van der Waals surface area (Å²) in [4.78, 5) is 12.1. The first-order chi connectivity index (χ1) is 10.9. The molecular weight excluding hydrogens is 316 g/mol. The lowest BCUT2D eigenvalue weighted by molar-refractivity contribution is 0.233. The summed E-state index contributed by atoms with van der Waals surface area (Å²) in [5.74, 6) is 0.856. The van der Waals surface area contributed by atoms with Crippen molar-refractivity contribution in [2.75, 3.05) is 11.5 Å². The third-order valence-corrected chi connectivity index (χ3v) is 5.96. The average Bonchev–Trinajstić information content (AvgIpc) is 2.99. The Balaban J connectivity index is 1.67. The van der Waals surface area contributed by atoms with E-state index < -0.39 is 9.84 Å². The number of para-hydroxylation sites is 1. The summed E-state index contributed by atoms with van der Waals surface area (Å²) < 4.78 is 28.7. The van der Waals surface area contributed by atoms with Crippen LogP contribution in [-0.2, 0) is 9.84 Å². The second kappa shape index (κ2) is 5.88. The Morgan fingerprint density at radius 1 is 1.35 bits per heavy atom. The predicted octanol–water partition coefficient (Wildman–Crippen LogP) is 2.29. The monoisotopic (exact) mass is 336 g/mol. The first kappa shape index (κ1) is 15.9. The van der Waals surface area contributed by atoms with Gasteiger partial charge in [-0.3, -0.25) is 0 Å². The quantitative estimate of drug-likeness (QED) is 0.900. The SMILES string of the molecule is Cc1c([C@H](C)NC(=O)NC2CCS(=O)(=O)C2)oc2ccccc12. The summed E-state index contributed by atoms with van der Waals surface area (Å²) in [6.07, 6.45) is 0.466. The number of fused-ring (bicyclic) bond motifs is 1. The Labute approximate surface area is 135 Å². The Bertz CT molecular complexity index is 841. The lowest BCUT2D eigenvalue weighted by atomic mass is 10.1. The Morgan fingerprint density at radius 2 is 2.09 bits per heavy atom. The molecule has 0 aliphatic carbocycles. The van der Waals surface area contributed by atoms with E-state index in [4.69, 9.17) is 4.42 Å². The molecule has 7 heteroatoms. The zero-order chi connectivity index (χ0) is 16.6. The van der Waals surface area contributed by atoms with Crippen LogP contribution in [0.5, 0.6) is 0 Å². The van der Waals surface area contributed by atoms with Gasteiger partial charge in [0.2, 0.25) is 0 Å². The van der Waals surface area contributed by atoms with Gasteiger partial charge >= 0.3 is 6.03 Å². The number of carbonyl (C=O) groups is 1. The molecule has 1 aliphatic heterocycles. The summed E-state index contributed by atoms with van der Waals surface area (Å²) in [6, 6.07) is 6.72. The number of aryl methyl sites for hydroxylation is 1. The third-order valence-electron chi connectivity index (χ3n) is 4.19. The minimum absolute atomic E-state index is 0.0124. The third kappa shape index (κ3) is 3.34. The van der Waals surface area contributed by atoms with Crippen LogP contribution in [-0.4, -0.2) is 32.0 Å². The summed E-state index contributed by atoms with van der Waals surface area (Å²) in [5, 5.41) is 6.56. The number of hydrogen-bond donors (Lipinski definition) is 2. The van der Waals surface area contributed by atoms with Crippen molar-refractivity contribution in [3.05, 3.63) is 35.6 Å². The van der Waals surface area contributed by atoms with E-state index in [-0.39, 0.29) is 29.6 Å². The van der Waals surface area contributed by atoms with Crippen molar-refractivity contribution in [1.82, 2.24) is 10.6 Å². The van der Waals surface area contributed by atoms with Crippen molar-refractivity contribution in [2.24, 2.45) is 0 Å². The van der Waals surface area contributed by atoms with Gasteiger partial charge in [0.25, 0.3) is 0 Å². The maximum absolute atomic E-state index is 12.1. The summed E-state index contributed by atoms with van der Waals surface area (Å²) in [6.45, 7) is 3.80. The second-order valence-corrected chi connectivity index (χ2v) is 8.26. The zero-order valence-electron chi connectivity index (χ0n) is 13.1. The minimum atomic E-state index is -3.01. The van der Waals surface area contributed by atoms with Crippen LogP contribution < -0.4 is 10.6 Å². The number of benzene rings is 1. The molecule has 0 spiro atoms. The van der Waals surface area contributed by atoms with Gasteiger partial charge in [-0.1, -0.05) is 18.2 Å². The molecule has 2 N–H and O–H groups in total. The first-order valence-electron chi connectivity index (χ1n) is 7.61. The maximum atomic E-state index is 12.1. The molecule has 2 heterocycles. The number of urea groups is 1. The summed E-state index contributed by atoms with van der Waals surface area (Å²) >= 11 is 0. The number of rotatable bonds is 3. The number of furan rings is 1. The lowest BCUT2D eigenvalue weighted by Gasteiger charge is -2.16. The molecule has 2 atom stereocenters. The number of carbonyl (C=O) groups excluding carboxylic acids is 1. The Hall–Kier alpha value is -2.02. The standard InChI is InChI=1S/C16H20N2O4S/c1-10-13-5-3-4-6-14(13)22-15(10)11(2)17-16(19)18-12-7-8-23(20,21)9-12/h3-6,11-12H,7-9H2,1-2H3,(H2,17,18,19)/t11-,12?/m0/s1. The van der Waals surface area contributed by atoms with Gasteiger partial charge in [-0.2, -0.15) is 0 Å². The molecule has 1 aromatic carbocycles. The van der Waals surface area contributed by atoms with Gasteiger partial charge in [0.05, 0.1) is 17.5 Å². The van der Waals surface area contributed by atoms with Crippen LogP contribution >= 0.6 is 0 Å². The molecule has 3 rings (SSSR count). The topological polar surface area (TPSA) is 88.4 Å². The van der Waals surface area contributed by atoms with Crippen LogP contribution in [0.2, 0.25) is 0 Å². The van der Waals surface area contributed by atoms with Gasteiger partial charge in [-0.15, -0.1) is 0 Å².